The molecular weight excluding hydrogens is 304 g/mol. The van der Waals surface area contributed by atoms with Gasteiger partial charge in [0.05, 0.1) is 37.4 Å². The molecular formula is C19H20N2O3. The largest absolute Gasteiger partial charge is 0.465 e. The molecule has 3 aromatic rings. The van der Waals surface area contributed by atoms with Crippen LogP contribution >= 0.6 is 0 Å². The molecule has 0 amide bonds. The predicted molar refractivity (Wildman–Crippen MR) is 93.4 cm³/mol. The van der Waals surface area contributed by atoms with E-state index in [-0.39, 0.29) is 12.1 Å². The van der Waals surface area contributed by atoms with E-state index in [2.05, 4.69) is 22.0 Å². The second-order valence-corrected chi connectivity index (χ2v) is 6.05. The average Bonchev–Trinajstić information content (AvgIpc) is 2.95. The van der Waals surface area contributed by atoms with Crippen LogP contribution in [-0.4, -0.2) is 43.4 Å². The lowest BCUT2D eigenvalue weighted by atomic mass is 10.1. The van der Waals surface area contributed by atoms with E-state index >= 15 is 0 Å². The normalized spacial score (nSPS) is 18.1. The lowest BCUT2D eigenvalue weighted by Crippen LogP contribution is -2.40. The molecule has 1 N–H and O–H groups in total. The van der Waals surface area contributed by atoms with Crippen molar-refractivity contribution in [3.05, 3.63) is 48.0 Å². The third-order valence-electron chi connectivity index (χ3n) is 4.59. The number of fused-ring (bicyclic) bond motifs is 3. The Morgan fingerprint density at radius 1 is 1.25 bits per heavy atom. The number of ether oxygens (including phenoxy) is 2. The van der Waals surface area contributed by atoms with E-state index in [1.807, 2.05) is 30.3 Å². The minimum atomic E-state index is -0.315. The molecule has 2 heterocycles. The summed E-state index contributed by atoms with van der Waals surface area (Å²) in [6, 6.07) is 14.1. The van der Waals surface area contributed by atoms with Gasteiger partial charge in [-0.1, -0.05) is 24.3 Å². The molecule has 0 bridgehead atoms. The van der Waals surface area contributed by atoms with E-state index in [1.54, 1.807) is 0 Å². The van der Waals surface area contributed by atoms with E-state index < -0.39 is 0 Å². The second-order valence-electron chi connectivity index (χ2n) is 6.05. The molecule has 5 nitrogen and oxygen atoms in total. The summed E-state index contributed by atoms with van der Waals surface area (Å²) in [4.78, 5) is 11.9. The molecule has 5 heteroatoms. The van der Waals surface area contributed by atoms with Crippen molar-refractivity contribution in [2.45, 2.75) is 12.6 Å². The predicted octanol–water partition coefficient (Wildman–Crippen LogP) is 2.57. The number of benzene rings is 2. The van der Waals surface area contributed by atoms with Gasteiger partial charge in [-0.15, -0.1) is 0 Å². The van der Waals surface area contributed by atoms with E-state index in [4.69, 9.17) is 9.47 Å². The first-order valence-electron chi connectivity index (χ1n) is 8.19. The number of methoxy groups -OCH3 is 1. The van der Waals surface area contributed by atoms with Crippen LogP contribution < -0.4 is 5.32 Å². The number of hydrogen-bond acceptors (Lipinski definition) is 4. The van der Waals surface area contributed by atoms with Gasteiger partial charge >= 0.3 is 5.97 Å². The zero-order valence-electron chi connectivity index (χ0n) is 13.6. The lowest BCUT2D eigenvalue weighted by Gasteiger charge is -2.24. The molecule has 124 valence electrons. The summed E-state index contributed by atoms with van der Waals surface area (Å²) in [6.07, 6.45) is 0.125. The van der Waals surface area contributed by atoms with Crippen LogP contribution in [0.25, 0.3) is 21.8 Å². The summed E-state index contributed by atoms with van der Waals surface area (Å²) in [7, 11) is 1.41. The van der Waals surface area contributed by atoms with Gasteiger partial charge < -0.3 is 19.4 Å². The topological polar surface area (TPSA) is 52.5 Å². The Bertz CT molecular complexity index is 894. The first-order chi connectivity index (χ1) is 11.8. The van der Waals surface area contributed by atoms with Crippen LogP contribution in [0.1, 0.15) is 10.4 Å². The summed E-state index contributed by atoms with van der Waals surface area (Å²) < 4.78 is 13.0. The molecule has 0 spiro atoms. The van der Waals surface area contributed by atoms with E-state index in [1.165, 1.54) is 12.5 Å². The highest BCUT2D eigenvalue weighted by Gasteiger charge is 2.19. The average molecular weight is 324 g/mol. The molecule has 1 saturated heterocycles. The van der Waals surface area contributed by atoms with Gasteiger partial charge in [-0.2, -0.15) is 0 Å². The molecule has 1 unspecified atom stereocenters. The fourth-order valence-corrected chi connectivity index (χ4v) is 3.43. The maximum atomic E-state index is 11.9. The summed E-state index contributed by atoms with van der Waals surface area (Å²) in [5.41, 5.74) is 2.76. The van der Waals surface area contributed by atoms with Gasteiger partial charge in [0.15, 0.2) is 0 Å². The van der Waals surface area contributed by atoms with Crippen molar-refractivity contribution in [2.75, 3.05) is 26.8 Å². The summed E-state index contributed by atoms with van der Waals surface area (Å²) in [5.74, 6) is -0.315. The van der Waals surface area contributed by atoms with Gasteiger partial charge in [0.2, 0.25) is 0 Å². The third-order valence-corrected chi connectivity index (χ3v) is 4.59. The Morgan fingerprint density at radius 2 is 2.08 bits per heavy atom. The quantitative estimate of drug-likeness (QED) is 0.752. The summed E-state index contributed by atoms with van der Waals surface area (Å²) in [6.45, 7) is 3.22. The molecule has 1 aliphatic heterocycles. The van der Waals surface area contributed by atoms with Gasteiger partial charge in [0.25, 0.3) is 0 Å². The van der Waals surface area contributed by atoms with Crippen LogP contribution in [-0.2, 0) is 16.0 Å². The van der Waals surface area contributed by atoms with Crippen LogP contribution in [0.2, 0.25) is 0 Å². The Labute approximate surface area is 140 Å². The number of nitrogens with one attached hydrogen (secondary N) is 1. The first kappa shape index (κ1) is 15.2. The molecule has 1 aromatic heterocycles. The van der Waals surface area contributed by atoms with Crippen LogP contribution in [0, 0.1) is 0 Å². The summed E-state index contributed by atoms with van der Waals surface area (Å²) in [5, 5.41) is 5.70. The van der Waals surface area contributed by atoms with Gasteiger partial charge in [-0.05, 0) is 18.2 Å². The molecule has 24 heavy (non-hydrogen) atoms. The van der Waals surface area contributed by atoms with Crippen LogP contribution in [0.15, 0.2) is 42.5 Å². The Morgan fingerprint density at radius 3 is 2.88 bits per heavy atom. The first-order valence-corrected chi connectivity index (χ1v) is 8.19. The SMILES string of the molecule is COC(=O)c1ccc2c3ccccc3n(CC3CNCCO3)c2c1. The zero-order chi connectivity index (χ0) is 16.5. The minimum Gasteiger partial charge on any atom is -0.465 e. The molecule has 4 rings (SSSR count). The number of rotatable bonds is 3. The number of aromatic nitrogens is 1. The van der Waals surface area contributed by atoms with Crippen LogP contribution in [0.5, 0.6) is 0 Å². The monoisotopic (exact) mass is 324 g/mol. The number of carbonyl (C=O) groups excluding carboxylic acids is 1. The number of hydrogen-bond donors (Lipinski definition) is 1. The van der Waals surface area contributed by atoms with Crippen LogP contribution in [0.3, 0.4) is 0 Å². The van der Waals surface area contributed by atoms with Gasteiger partial charge in [-0.3, -0.25) is 0 Å². The Balaban J connectivity index is 1.87. The number of morpholine rings is 1. The zero-order valence-corrected chi connectivity index (χ0v) is 13.6. The van der Waals surface area contributed by atoms with Gasteiger partial charge in [0.1, 0.15) is 0 Å². The van der Waals surface area contributed by atoms with Crippen molar-refractivity contribution in [3.8, 4) is 0 Å². The smallest absolute Gasteiger partial charge is 0.337 e. The molecule has 0 saturated carbocycles. The number of nitrogens with zero attached hydrogens (tertiary/aromatic N) is 1. The highest BCUT2D eigenvalue weighted by atomic mass is 16.5. The van der Waals surface area contributed by atoms with Crippen LogP contribution in [0.4, 0.5) is 0 Å². The Kier molecular flexibility index (Phi) is 3.96. The standard InChI is InChI=1S/C19H20N2O3/c1-23-19(22)13-6-7-16-15-4-2-3-5-17(15)21(18(16)10-13)12-14-11-20-8-9-24-14/h2-7,10,14,20H,8-9,11-12H2,1H3. The van der Waals surface area contributed by atoms with Gasteiger partial charge in [-0.25, -0.2) is 4.79 Å². The highest BCUT2D eigenvalue weighted by Crippen LogP contribution is 2.30. The highest BCUT2D eigenvalue weighted by molar-refractivity contribution is 6.09. The lowest BCUT2D eigenvalue weighted by molar-refractivity contribution is 0.0196. The third kappa shape index (κ3) is 2.56. The Hall–Kier alpha value is -2.37. The molecule has 1 aliphatic rings. The van der Waals surface area contributed by atoms with E-state index in [0.717, 1.165) is 42.7 Å². The summed E-state index contributed by atoms with van der Waals surface area (Å²) >= 11 is 0. The van der Waals surface area contributed by atoms with Crippen molar-refractivity contribution < 1.29 is 14.3 Å². The minimum absolute atomic E-state index is 0.125. The fraction of sp³-hybridized carbons (Fsp3) is 0.316. The molecule has 0 aliphatic carbocycles. The van der Waals surface area contributed by atoms with Crippen molar-refractivity contribution in [1.29, 1.82) is 0 Å². The van der Waals surface area contributed by atoms with Crippen molar-refractivity contribution in [3.63, 3.8) is 0 Å². The second kappa shape index (κ2) is 6.26. The maximum absolute atomic E-state index is 11.9. The maximum Gasteiger partial charge on any atom is 0.337 e. The fourth-order valence-electron chi connectivity index (χ4n) is 3.43. The number of carbonyl (C=O) groups is 1. The van der Waals surface area contributed by atoms with E-state index in [9.17, 15) is 4.79 Å². The van der Waals surface area contributed by atoms with Crippen molar-refractivity contribution in [2.24, 2.45) is 0 Å². The van der Waals surface area contributed by atoms with Crippen molar-refractivity contribution in [1.82, 2.24) is 9.88 Å². The van der Waals surface area contributed by atoms with E-state index in [0.29, 0.717) is 5.56 Å². The molecule has 0 radical (unpaired) electrons. The van der Waals surface area contributed by atoms with Crippen molar-refractivity contribution >= 4 is 27.8 Å². The number of para-hydroxylation sites is 1. The number of esters is 1. The van der Waals surface area contributed by atoms with Gasteiger partial charge in [0, 0.05) is 29.4 Å². The molecule has 1 fully saturated rings. The molecule has 2 aromatic carbocycles. The molecule has 1 atom stereocenters.